The van der Waals surface area contributed by atoms with Crippen LogP contribution in [0.1, 0.15) is 34.0 Å². The molecule has 0 radical (unpaired) electrons. The number of carbonyl (C=O) groups excluding carboxylic acids is 1. The van der Waals surface area contributed by atoms with E-state index in [2.05, 4.69) is 24.8 Å². The van der Waals surface area contributed by atoms with E-state index in [1.807, 2.05) is 24.3 Å². The van der Waals surface area contributed by atoms with Gasteiger partial charge in [-0.2, -0.15) is 0 Å². The summed E-state index contributed by atoms with van der Waals surface area (Å²) in [7, 11) is 3.26. The van der Waals surface area contributed by atoms with Gasteiger partial charge in [0, 0.05) is 63.2 Å². The van der Waals surface area contributed by atoms with Crippen LogP contribution >= 0.6 is 0 Å². The van der Waals surface area contributed by atoms with Crippen molar-refractivity contribution in [3.8, 4) is 11.5 Å². The van der Waals surface area contributed by atoms with Crippen molar-refractivity contribution in [3.05, 3.63) is 59.7 Å². The van der Waals surface area contributed by atoms with Crippen molar-refractivity contribution in [2.45, 2.75) is 18.8 Å². The summed E-state index contributed by atoms with van der Waals surface area (Å²) in [6, 6.07) is 7.56. The molecule has 0 amide bonds. The summed E-state index contributed by atoms with van der Waals surface area (Å²) in [6.45, 7) is 3.10. The largest absolute Gasteiger partial charge is 0.497 e. The molecule has 1 aliphatic carbocycles. The molecule has 1 unspecified atom stereocenters. The zero-order valence-corrected chi connectivity index (χ0v) is 18.8. The highest BCUT2D eigenvalue weighted by molar-refractivity contribution is 5.98. The molecule has 0 N–H and O–H groups in total. The van der Waals surface area contributed by atoms with Crippen molar-refractivity contribution in [1.29, 1.82) is 0 Å². The first kappa shape index (κ1) is 21.1. The summed E-state index contributed by atoms with van der Waals surface area (Å²) in [6.07, 6.45) is 6.28. The SMILES string of the molecule is COc1ccc(C2CC(=O)c3cnc(N4CCN(c5ncccn5)CC4)nc3C2)c(OC)c1. The molecule has 170 valence electrons. The monoisotopic (exact) mass is 446 g/mol. The van der Waals surface area contributed by atoms with Gasteiger partial charge in [-0.3, -0.25) is 4.79 Å². The van der Waals surface area contributed by atoms with E-state index < -0.39 is 0 Å². The van der Waals surface area contributed by atoms with Crippen molar-refractivity contribution in [2.75, 3.05) is 50.2 Å². The number of ketones is 1. The van der Waals surface area contributed by atoms with E-state index in [0.29, 0.717) is 24.4 Å². The highest BCUT2D eigenvalue weighted by atomic mass is 16.5. The van der Waals surface area contributed by atoms with Crippen molar-refractivity contribution in [2.24, 2.45) is 0 Å². The average molecular weight is 447 g/mol. The fourth-order valence-corrected chi connectivity index (χ4v) is 4.52. The van der Waals surface area contributed by atoms with Crippen LogP contribution in [0.5, 0.6) is 11.5 Å². The number of ether oxygens (including phenoxy) is 2. The molecule has 0 spiro atoms. The molecular weight excluding hydrogens is 420 g/mol. The van der Waals surface area contributed by atoms with Crippen LogP contribution in [0.4, 0.5) is 11.9 Å². The molecular formula is C24H26N6O3. The molecule has 1 fully saturated rings. The first-order chi connectivity index (χ1) is 16.2. The van der Waals surface area contributed by atoms with E-state index in [-0.39, 0.29) is 11.7 Å². The molecule has 2 aliphatic rings. The number of hydrogen-bond acceptors (Lipinski definition) is 9. The molecule has 2 aromatic heterocycles. The van der Waals surface area contributed by atoms with Crippen molar-refractivity contribution in [1.82, 2.24) is 19.9 Å². The number of anilines is 2. The first-order valence-corrected chi connectivity index (χ1v) is 11.0. The van der Waals surface area contributed by atoms with Crippen LogP contribution in [-0.2, 0) is 6.42 Å². The number of rotatable bonds is 5. The van der Waals surface area contributed by atoms with Gasteiger partial charge in [0.25, 0.3) is 0 Å². The van der Waals surface area contributed by atoms with Crippen molar-refractivity contribution < 1.29 is 14.3 Å². The van der Waals surface area contributed by atoms with Crippen LogP contribution in [0.3, 0.4) is 0 Å². The second-order valence-electron chi connectivity index (χ2n) is 8.19. The van der Waals surface area contributed by atoms with Crippen LogP contribution in [0.2, 0.25) is 0 Å². The molecule has 9 nitrogen and oxygen atoms in total. The number of fused-ring (bicyclic) bond motifs is 1. The summed E-state index contributed by atoms with van der Waals surface area (Å²) < 4.78 is 10.9. The third kappa shape index (κ3) is 4.18. The van der Waals surface area contributed by atoms with Crippen LogP contribution in [0.25, 0.3) is 0 Å². The Morgan fingerprint density at radius 3 is 2.33 bits per heavy atom. The van der Waals surface area contributed by atoms with Crippen LogP contribution in [0, 0.1) is 0 Å². The highest BCUT2D eigenvalue weighted by Crippen LogP contribution is 2.38. The predicted octanol–water partition coefficient (Wildman–Crippen LogP) is 2.52. The summed E-state index contributed by atoms with van der Waals surface area (Å²) in [5, 5.41) is 0. The highest BCUT2D eigenvalue weighted by Gasteiger charge is 2.31. The quantitative estimate of drug-likeness (QED) is 0.586. The van der Waals surface area contributed by atoms with Gasteiger partial charge >= 0.3 is 0 Å². The van der Waals surface area contributed by atoms with E-state index >= 15 is 0 Å². The molecule has 1 atom stereocenters. The average Bonchev–Trinajstić information content (AvgIpc) is 2.88. The summed E-state index contributed by atoms with van der Waals surface area (Å²) in [5.41, 5.74) is 2.42. The van der Waals surface area contributed by atoms with Gasteiger partial charge in [-0.05, 0) is 24.1 Å². The second-order valence-corrected chi connectivity index (χ2v) is 8.19. The summed E-state index contributed by atoms with van der Waals surface area (Å²) in [5.74, 6) is 2.92. The number of piperazine rings is 1. The van der Waals surface area contributed by atoms with Gasteiger partial charge in [-0.15, -0.1) is 0 Å². The minimum absolute atomic E-state index is 0.000632. The summed E-state index contributed by atoms with van der Waals surface area (Å²) in [4.78, 5) is 35.2. The second kappa shape index (κ2) is 9.01. The first-order valence-electron chi connectivity index (χ1n) is 11.0. The lowest BCUT2D eigenvalue weighted by Gasteiger charge is -2.35. The van der Waals surface area contributed by atoms with E-state index in [0.717, 1.165) is 54.9 Å². The number of nitrogens with zero attached hydrogens (tertiary/aromatic N) is 6. The van der Waals surface area contributed by atoms with Gasteiger partial charge in [0.2, 0.25) is 11.9 Å². The molecule has 0 bridgehead atoms. The summed E-state index contributed by atoms with van der Waals surface area (Å²) >= 11 is 0. The number of benzene rings is 1. The Balaban J connectivity index is 1.34. The maximum absolute atomic E-state index is 12.9. The van der Waals surface area contributed by atoms with Crippen LogP contribution < -0.4 is 19.3 Å². The Kier molecular flexibility index (Phi) is 5.77. The molecule has 5 rings (SSSR count). The Bertz CT molecular complexity index is 1150. The Morgan fingerprint density at radius 2 is 1.64 bits per heavy atom. The van der Waals surface area contributed by atoms with Crippen molar-refractivity contribution in [3.63, 3.8) is 0 Å². The third-order valence-corrected chi connectivity index (χ3v) is 6.30. The van der Waals surface area contributed by atoms with E-state index in [4.69, 9.17) is 14.5 Å². The minimum atomic E-state index is 0.000632. The normalized spacial score (nSPS) is 18.1. The van der Waals surface area contributed by atoms with Gasteiger partial charge in [0.1, 0.15) is 11.5 Å². The zero-order valence-electron chi connectivity index (χ0n) is 18.8. The number of hydrogen-bond donors (Lipinski definition) is 0. The van der Waals surface area contributed by atoms with E-state index in [1.165, 1.54) is 0 Å². The zero-order chi connectivity index (χ0) is 22.8. The van der Waals surface area contributed by atoms with Gasteiger partial charge in [-0.25, -0.2) is 19.9 Å². The Hall–Kier alpha value is -3.75. The smallest absolute Gasteiger partial charge is 0.225 e. The minimum Gasteiger partial charge on any atom is -0.497 e. The van der Waals surface area contributed by atoms with Gasteiger partial charge in [-0.1, -0.05) is 6.07 Å². The molecule has 1 aliphatic heterocycles. The fourth-order valence-electron chi connectivity index (χ4n) is 4.52. The maximum atomic E-state index is 12.9. The number of Topliss-reactive ketones (excluding diaryl/α,β-unsaturated/α-hetero) is 1. The van der Waals surface area contributed by atoms with Gasteiger partial charge in [0.15, 0.2) is 5.78 Å². The fraction of sp³-hybridized carbons (Fsp3) is 0.375. The van der Waals surface area contributed by atoms with E-state index in [9.17, 15) is 4.79 Å². The lowest BCUT2D eigenvalue weighted by atomic mass is 9.82. The molecule has 1 saturated heterocycles. The van der Waals surface area contributed by atoms with Gasteiger partial charge < -0.3 is 19.3 Å². The van der Waals surface area contributed by atoms with Crippen LogP contribution in [0.15, 0.2) is 42.9 Å². The predicted molar refractivity (Wildman–Crippen MR) is 123 cm³/mol. The van der Waals surface area contributed by atoms with Crippen LogP contribution in [-0.4, -0.2) is 66.1 Å². The van der Waals surface area contributed by atoms with Gasteiger partial charge in [0.05, 0.1) is 25.5 Å². The third-order valence-electron chi connectivity index (χ3n) is 6.30. The lowest BCUT2D eigenvalue weighted by Crippen LogP contribution is -2.47. The Morgan fingerprint density at radius 1 is 0.909 bits per heavy atom. The topological polar surface area (TPSA) is 93.6 Å². The number of aromatic nitrogens is 4. The molecule has 3 heterocycles. The van der Waals surface area contributed by atoms with Crippen molar-refractivity contribution >= 4 is 17.7 Å². The van der Waals surface area contributed by atoms with E-state index in [1.54, 1.807) is 32.8 Å². The number of methoxy groups -OCH3 is 2. The number of carbonyl (C=O) groups is 1. The molecule has 1 aromatic carbocycles. The molecule has 33 heavy (non-hydrogen) atoms. The maximum Gasteiger partial charge on any atom is 0.225 e. The standard InChI is InChI=1S/C24H26N6O3/c1-32-17-4-5-18(22(14-17)33-2)16-12-20-19(21(31)13-16)15-27-24(28-20)30-10-8-29(9-11-30)23-25-6-3-7-26-23/h3-7,14-16H,8-13H2,1-2H3. The molecule has 3 aromatic rings. The Labute approximate surface area is 192 Å². The molecule has 9 heteroatoms. The lowest BCUT2D eigenvalue weighted by molar-refractivity contribution is 0.0962. The molecule has 0 saturated carbocycles.